The molecule has 0 heterocycles. The van der Waals surface area contributed by atoms with Gasteiger partial charge in [0.25, 0.3) is 0 Å². The minimum absolute atomic E-state index is 0.504. The summed E-state index contributed by atoms with van der Waals surface area (Å²) in [4.78, 5) is -1.47. The lowest BCUT2D eigenvalue weighted by Gasteiger charge is -2.11. The molecule has 8 heteroatoms. The summed E-state index contributed by atoms with van der Waals surface area (Å²) >= 11 is 5.17. The van der Waals surface area contributed by atoms with E-state index in [0.29, 0.717) is 6.07 Å². The van der Waals surface area contributed by atoms with Gasteiger partial charge in [0, 0.05) is 0 Å². The highest BCUT2D eigenvalue weighted by Crippen LogP contribution is 2.39. The van der Waals surface area contributed by atoms with Crippen LogP contribution in [0.2, 0.25) is 5.02 Å². The zero-order valence-electron chi connectivity index (χ0n) is 6.85. The van der Waals surface area contributed by atoms with Gasteiger partial charge in [-0.25, -0.2) is 0 Å². The van der Waals surface area contributed by atoms with Crippen LogP contribution in [-0.4, -0.2) is 8.42 Å². The lowest BCUT2D eigenvalue weighted by molar-refractivity contribution is -0.139. The van der Waals surface area contributed by atoms with Gasteiger partial charge >= 0.3 is 16.4 Å². The van der Waals surface area contributed by atoms with E-state index in [1.54, 1.807) is 0 Å². The fourth-order valence-electron chi connectivity index (χ4n) is 0.983. The topological polar surface area (TPSA) is 34.1 Å². The van der Waals surface area contributed by atoms with Crippen molar-refractivity contribution < 1.29 is 25.5 Å². The summed E-state index contributed by atoms with van der Waals surface area (Å²) in [7, 11) is -5.44. The quantitative estimate of drug-likeness (QED) is 0.576. The van der Waals surface area contributed by atoms with Crippen LogP contribution in [0.25, 0.3) is 0 Å². The summed E-state index contributed by atoms with van der Waals surface area (Å²) in [5, 5.41) is -0.860. The Morgan fingerprint density at radius 1 is 1.20 bits per heavy atom. The second-order valence-electron chi connectivity index (χ2n) is 2.55. The van der Waals surface area contributed by atoms with Crippen LogP contribution >= 0.6 is 11.6 Å². The third-order valence-corrected chi connectivity index (χ3v) is 2.70. The Labute approximate surface area is 87.7 Å². The summed E-state index contributed by atoms with van der Waals surface area (Å²) in [6, 6.07) is 2.26. The van der Waals surface area contributed by atoms with Gasteiger partial charge in [-0.1, -0.05) is 17.7 Å². The van der Waals surface area contributed by atoms with E-state index in [2.05, 4.69) is 0 Å². The van der Waals surface area contributed by atoms with Gasteiger partial charge in [-0.15, -0.1) is 3.89 Å². The maximum Gasteiger partial charge on any atom is 0.419 e. The van der Waals surface area contributed by atoms with Crippen molar-refractivity contribution in [2.24, 2.45) is 0 Å². The predicted molar refractivity (Wildman–Crippen MR) is 44.7 cm³/mol. The zero-order valence-corrected chi connectivity index (χ0v) is 8.42. The molecule has 0 fully saturated rings. The first-order valence-corrected chi connectivity index (χ1v) is 5.20. The van der Waals surface area contributed by atoms with Gasteiger partial charge in [0.05, 0.1) is 10.6 Å². The normalized spacial score (nSPS) is 12.9. The average Bonchev–Trinajstić information content (AvgIpc) is 1.99. The minimum atomic E-state index is -5.44. The number of hydrogen-bond donors (Lipinski definition) is 0. The second kappa shape index (κ2) is 3.64. The third kappa shape index (κ3) is 2.60. The van der Waals surface area contributed by atoms with Gasteiger partial charge in [-0.05, 0) is 12.1 Å². The summed E-state index contributed by atoms with van der Waals surface area (Å²) in [5.74, 6) is 0. The largest absolute Gasteiger partial charge is 0.419 e. The number of alkyl halides is 3. The monoisotopic (exact) mass is 262 g/mol. The predicted octanol–water partition coefficient (Wildman–Crippen LogP) is 3.02. The van der Waals surface area contributed by atoms with Crippen LogP contribution in [0.4, 0.5) is 17.1 Å². The van der Waals surface area contributed by atoms with Crippen molar-refractivity contribution in [3.05, 3.63) is 28.8 Å². The van der Waals surface area contributed by atoms with Crippen LogP contribution in [-0.2, 0) is 16.4 Å². The molecule has 2 nitrogen and oxygen atoms in total. The Morgan fingerprint density at radius 3 is 2.07 bits per heavy atom. The highest BCUT2D eigenvalue weighted by molar-refractivity contribution is 7.86. The number of hydrogen-bond acceptors (Lipinski definition) is 2. The molecule has 0 aliphatic carbocycles. The molecule has 1 rings (SSSR count). The second-order valence-corrected chi connectivity index (χ2v) is 4.27. The Kier molecular flexibility index (Phi) is 2.97. The Hall–Kier alpha value is -0.820. The van der Waals surface area contributed by atoms with E-state index in [9.17, 15) is 25.5 Å². The van der Waals surface area contributed by atoms with Crippen molar-refractivity contribution in [3.63, 3.8) is 0 Å². The van der Waals surface area contributed by atoms with Gasteiger partial charge in [0.2, 0.25) is 0 Å². The van der Waals surface area contributed by atoms with E-state index in [0.717, 1.165) is 12.1 Å². The summed E-state index contributed by atoms with van der Waals surface area (Å²) < 4.78 is 70.3. The molecule has 0 N–H and O–H groups in total. The van der Waals surface area contributed by atoms with Crippen molar-refractivity contribution in [2.75, 3.05) is 0 Å². The van der Waals surface area contributed by atoms with Crippen molar-refractivity contribution >= 4 is 21.8 Å². The van der Waals surface area contributed by atoms with Gasteiger partial charge in [-0.2, -0.15) is 21.6 Å². The van der Waals surface area contributed by atoms with E-state index >= 15 is 0 Å². The molecule has 0 aromatic heterocycles. The summed E-state index contributed by atoms with van der Waals surface area (Å²) in [6.07, 6.45) is -5.02. The van der Waals surface area contributed by atoms with Gasteiger partial charge in [0.1, 0.15) is 4.90 Å². The van der Waals surface area contributed by atoms with Crippen LogP contribution in [0.15, 0.2) is 23.1 Å². The van der Waals surface area contributed by atoms with Gasteiger partial charge in [-0.3, -0.25) is 0 Å². The first kappa shape index (κ1) is 12.3. The van der Waals surface area contributed by atoms with Crippen LogP contribution < -0.4 is 0 Å². The molecule has 0 spiro atoms. The number of halogens is 5. The van der Waals surface area contributed by atoms with Gasteiger partial charge < -0.3 is 0 Å². The van der Waals surface area contributed by atoms with Crippen molar-refractivity contribution in [2.45, 2.75) is 11.1 Å². The maximum absolute atomic E-state index is 12.5. The first-order valence-electron chi connectivity index (χ1n) is 3.44. The number of benzene rings is 1. The Morgan fingerprint density at radius 2 is 1.73 bits per heavy atom. The molecule has 0 atom stereocenters. The SMILES string of the molecule is O=S(=O)(F)c1cccc(Cl)c1C(F)(F)F. The molecular formula is C7H3ClF4O2S. The number of rotatable bonds is 1. The molecule has 84 valence electrons. The fourth-order valence-corrected chi connectivity index (χ4v) is 2.03. The molecule has 0 saturated carbocycles. The maximum atomic E-state index is 12.5. The van der Waals surface area contributed by atoms with Crippen LogP contribution in [0, 0.1) is 0 Å². The molecule has 0 amide bonds. The molecule has 0 aliphatic rings. The lowest BCUT2D eigenvalue weighted by atomic mass is 10.2. The molecule has 1 aromatic carbocycles. The van der Waals surface area contributed by atoms with E-state index in [4.69, 9.17) is 11.6 Å². The first-order chi connectivity index (χ1) is 6.64. The molecule has 0 radical (unpaired) electrons. The van der Waals surface area contributed by atoms with E-state index in [-0.39, 0.29) is 0 Å². The zero-order chi connectivity index (χ0) is 11.9. The molecular weight excluding hydrogens is 260 g/mol. The molecule has 15 heavy (non-hydrogen) atoms. The van der Waals surface area contributed by atoms with Crippen LogP contribution in [0.3, 0.4) is 0 Å². The highest BCUT2D eigenvalue weighted by atomic mass is 35.5. The standard InChI is InChI=1S/C7H3ClF4O2S/c8-4-2-1-3-5(15(12,13)14)6(4)7(9,10)11/h1-3H. The van der Waals surface area contributed by atoms with E-state index in [1.165, 1.54) is 0 Å². The van der Waals surface area contributed by atoms with E-state index < -0.39 is 31.9 Å². The Balaban J connectivity index is 3.63. The van der Waals surface area contributed by atoms with Crippen molar-refractivity contribution in [3.8, 4) is 0 Å². The fraction of sp³-hybridized carbons (Fsp3) is 0.143. The third-order valence-electron chi connectivity index (χ3n) is 1.52. The average molecular weight is 263 g/mol. The lowest BCUT2D eigenvalue weighted by Crippen LogP contribution is -2.11. The highest BCUT2D eigenvalue weighted by Gasteiger charge is 2.39. The van der Waals surface area contributed by atoms with Crippen LogP contribution in [0.1, 0.15) is 5.56 Å². The molecule has 0 unspecified atom stereocenters. The van der Waals surface area contributed by atoms with E-state index in [1.807, 2.05) is 0 Å². The summed E-state index contributed by atoms with van der Waals surface area (Å²) in [5.41, 5.74) is -1.69. The van der Waals surface area contributed by atoms with Crippen molar-refractivity contribution in [1.29, 1.82) is 0 Å². The molecule has 0 bridgehead atoms. The molecule has 1 aromatic rings. The molecule has 0 aliphatic heterocycles. The van der Waals surface area contributed by atoms with Crippen molar-refractivity contribution in [1.82, 2.24) is 0 Å². The smallest absolute Gasteiger partial charge is 0.189 e. The van der Waals surface area contributed by atoms with Crippen LogP contribution in [0.5, 0.6) is 0 Å². The Bertz CT molecular complexity index is 480. The summed E-state index contributed by atoms with van der Waals surface area (Å²) in [6.45, 7) is 0. The molecule has 0 saturated heterocycles. The minimum Gasteiger partial charge on any atom is -0.189 e. The van der Waals surface area contributed by atoms with Gasteiger partial charge in [0.15, 0.2) is 0 Å².